The molecular formula is C11H17N5O. The van der Waals surface area contributed by atoms with Crippen molar-refractivity contribution in [2.45, 2.75) is 19.8 Å². The highest BCUT2D eigenvalue weighted by atomic mass is 16.1. The highest BCUT2D eigenvalue weighted by molar-refractivity contribution is 5.77. The van der Waals surface area contributed by atoms with Crippen LogP contribution >= 0.6 is 0 Å². The molecule has 1 fully saturated rings. The predicted octanol–water partition coefficient (Wildman–Crippen LogP) is -0.0525. The first-order valence-electron chi connectivity index (χ1n) is 5.84. The summed E-state index contributed by atoms with van der Waals surface area (Å²) in [6.45, 7) is 4.06. The van der Waals surface area contributed by atoms with Crippen molar-refractivity contribution >= 4 is 17.5 Å². The molecule has 1 aliphatic heterocycles. The van der Waals surface area contributed by atoms with Gasteiger partial charge in [-0.3, -0.25) is 4.79 Å². The maximum Gasteiger partial charge on any atom is 0.221 e. The number of anilines is 2. The highest BCUT2D eigenvalue weighted by Gasteiger charge is 2.15. The van der Waals surface area contributed by atoms with Crippen molar-refractivity contribution in [1.29, 1.82) is 0 Å². The van der Waals surface area contributed by atoms with E-state index in [4.69, 9.17) is 5.73 Å². The Bertz CT molecular complexity index is 420. The summed E-state index contributed by atoms with van der Waals surface area (Å²) in [5.41, 5.74) is 5.75. The number of aryl methyl sites for hydroxylation is 1. The molecule has 2 heterocycles. The molecule has 1 amide bonds. The van der Waals surface area contributed by atoms with Crippen LogP contribution in [0.2, 0.25) is 0 Å². The molecule has 6 heteroatoms. The minimum atomic E-state index is 0.0882. The Morgan fingerprint density at radius 2 is 2.29 bits per heavy atom. The van der Waals surface area contributed by atoms with Gasteiger partial charge in [-0.1, -0.05) is 6.92 Å². The van der Waals surface area contributed by atoms with E-state index in [1.54, 1.807) is 6.07 Å². The van der Waals surface area contributed by atoms with E-state index in [-0.39, 0.29) is 5.91 Å². The Labute approximate surface area is 100 Å². The molecule has 92 valence electrons. The highest BCUT2D eigenvalue weighted by Crippen LogP contribution is 2.15. The molecular weight excluding hydrogens is 218 g/mol. The van der Waals surface area contributed by atoms with E-state index < -0.39 is 0 Å². The van der Waals surface area contributed by atoms with E-state index in [2.05, 4.69) is 20.2 Å². The van der Waals surface area contributed by atoms with Crippen molar-refractivity contribution in [2.24, 2.45) is 0 Å². The molecule has 17 heavy (non-hydrogen) atoms. The third kappa shape index (κ3) is 2.83. The summed E-state index contributed by atoms with van der Waals surface area (Å²) < 4.78 is 0. The van der Waals surface area contributed by atoms with E-state index in [1.165, 1.54) is 0 Å². The summed E-state index contributed by atoms with van der Waals surface area (Å²) in [6.07, 6.45) is 1.24. The Hall–Kier alpha value is -1.85. The van der Waals surface area contributed by atoms with Crippen molar-refractivity contribution in [2.75, 3.05) is 30.3 Å². The Morgan fingerprint density at radius 1 is 1.47 bits per heavy atom. The minimum absolute atomic E-state index is 0.0882. The van der Waals surface area contributed by atoms with E-state index in [0.29, 0.717) is 25.3 Å². The normalized spacial score (nSPS) is 16.5. The molecule has 1 aliphatic rings. The molecule has 0 aliphatic carbocycles. The van der Waals surface area contributed by atoms with Crippen LogP contribution in [0.3, 0.4) is 0 Å². The number of hydrogen-bond acceptors (Lipinski definition) is 5. The lowest BCUT2D eigenvalue weighted by Crippen LogP contribution is -2.29. The molecule has 2 rings (SSSR count). The number of nitrogens with zero attached hydrogens (tertiary/aromatic N) is 3. The smallest absolute Gasteiger partial charge is 0.221 e. The van der Waals surface area contributed by atoms with Crippen molar-refractivity contribution in [1.82, 2.24) is 15.3 Å². The number of nitrogens with one attached hydrogen (secondary N) is 1. The molecule has 0 saturated carbocycles. The van der Waals surface area contributed by atoms with Crippen LogP contribution in [0.4, 0.5) is 11.6 Å². The number of amides is 1. The second-order valence-corrected chi connectivity index (χ2v) is 4.01. The number of carbonyl (C=O) groups excluding carboxylic acids is 1. The molecule has 0 atom stereocenters. The summed E-state index contributed by atoms with van der Waals surface area (Å²) >= 11 is 0. The summed E-state index contributed by atoms with van der Waals surface area (Å²) in [7, 11) is 0. The van der Waals surface area contributed by atoms with Gasteiger partial charge in [0.05, 0.1) is 0 Å². The van der Waals surface area contributed by atoms with Crippen molar-refractivity contribution < 1.29 is 4.79 Å². The van der Waals surface area contributed by atoms with Gasteiger partial charge in [-0.05, 0) is 0 Å². The number of hydrogen-bond donors (Lipinski definition) is 2. The molecule has 0 aromatic carbocycles. The van der Waals surface area contributed by atoms with E-state index in [0.717, 1.165) is 24.6 Å². The van der Waals surface area contributed by atoms with Gasteiger partial charge in [0, 0.05) is 38.5 Å². The zero-order valence-electron chi connectivity index (χ0n) is 9.94. The molecule has 0 bridgehead atoms. The molecule has 6 nitrogen and oxygen atoms in total. The quantitative estimate of drug-likeness (QED) is 0.750. The molecule has 0 unspecified atom stereocenters. The van der Waals surface area contributed by atoms with Crippen molar-refractivity contribution in [3.63, 3.8) is 0 Å². The van der Waals surface area contributed by atoms with Crippen LogP contribution in [0.15, 0.2) is 6.07 Å². The topological polar surface area (TPSA) is 84.1 Å². The van der Waals surface area contributed by atoms with E-state index >= 15 is 0 Å². The van der Waals surface area contributed by atoms with Gasteiger partial charge in [0.2, 0.25) is 5.91 Å². The van der Waals surface area contributed by atoms with E-state index in [1.807, 2.05) is 6.92 Å². The number of aromatic nitrogens is 2. The maximum atomic E-state index is 11.3. The number of nitrogens with two attached hydrogens (primary N) is 1. The monoisotopic (exact) mass is 235 g/mol. The van der Waals surface area contributed by atoms with Crippen LogP contribution < -0.4 is 16.0 Å². The fraction of sp³-hybridized carbons (Fsp3) is 0.545. The number of carbonyl (C=O) groups is 1. The summed E-state index contributed by atoms with van der Waals surface area (Å²) in [6, 6.07) is 1.76. The summed E-state index contributed by atoms with van der Waals surface area (Å²) in [5, 5.41) is 2.83. The average molecular weight is 235 g/mol. The Balaban J connectivity index is 2.20. The van der Waals surface area contributed by atoms with Crippen LogP contribution in [0.5, 0.6) is 0 Å². The third-order valence-electron chi connectivity index (χ3n) is 2.73. The van der Waals surface area contributed by atoms with Gasteiger partial charge in [0.25, 0.3) is 0 Å². The van der Waals surface area contributed by atoms with Crippen LogP contribution in [0.25, 0.3) is 0 Å². The molecule has 0 radical (unpaired) electrons. The lowest BCUT2D eigenvalue weighted by molar-refractivity contribution is -0.120. The standard InChI is InChI=1S/C11H17N5O/c1-2-9-14-8(12)7-10(15-9)16-5-3-11(17)13-4-6-16/h7H,2-6H2,1H3,(H,13,17)(H2,12,14,15). The van der Waals surface area contributed by atoms with Crippen LogP contribution in [-0.2, 0) is 11.2 Å². The molecule has 3 N–H and O–H groups in total. The predicted molar refractivity (Wildman–Crippen MR) is 65.7 cm³/mol. The van der Waals surface area contributed by atoms with Gasteiger partial charge in [0.15, 0.2) is 0 Å². The van der Waals surface area contributed by atoms with Gasteiger partial charge in [-0.15, -0.1) is 0 Å². The summed E-state index contributed by atoms with van der Waals surface area (Å²) in [5.74, 6) is 2.12. The second-order valence-electron chi connectivity index (χ2n) is 4.01. The first-order valence-corrected chi connectivity index (χ1v) is 5.84. The van der Waals surface area contributed by atoms with E-state index in [9.17, 15) is 4.79 Å². The fourth-order valence-corrected chi connectivity index (χ4v) is 1.82. The van der Waals surface area contributed by atoms with Crippen LogP contribution in [-0.4, -0.2) is 35.5 Å². The van der Waals surface area contributed by atoms with Crippen molar-refractivity contribution in [3.05, 3.63) is 11.9 Å². The fourth-order valence-electron chi connectivity index (χ4n) is 1.82. The zero-order valence-corrected chi connectivity index (χ0v) is 9.94. The zero-order chi connectivity index (χ0) is 12.3. The second kappa shape index (κ2) is 4.99. The number of nitrogen functional groups attached to an aromatic ring is 1. The van der Waals surface area contributed by atoms with Gasteiger partial charge >= 0.3 is 0 Å². The maximum absolute atomic E-state index is 11.3. The average Bonchev–Trinajstić information content (AvgIpc) is 2.53. The first kappa shape index (κ1) is 11.6. The van der Waals surface area contributed by atoms with Gasteiger partial charge < -0.3 is 16.0 Å². The molecule has 0 spiro atoms. The molecule has 1 aromatic rings. The van der Waals surface area contributed by atoms with Crippen LogP contribution in [0.1, 0.15) is 19.2 Å². The van der Waals surface area contributed by atoms with Crippen molar-refractivity contribution in [3.8, 4) is 0 Å². The van der Waals surface area contributed by atoms with Gasteiger partial charge in [-0.2, -0.15) is 0 Å². The lowest BCUT2D eigenvalue weighted by atomic mass is 10.3. The third-order valence-corrected chi connectivity index (χ3v) is 2.73. The largest absolute Gasteiger partial charge is 0.384 e. The number of rotatable bonds is 2. The van der Waals surface area contributed by atoms with Crippen LogP contribution in [0, 0.1) is 0 Å². The molecule has 1 saturated heterocycles. The lowest BCUT2D eigenvalue weighted by Gasteiger charge is -2.21. The SMILES string of the molecule is CCc1nc(N)cc(N2CCNC(=O)CC2)n1. The van der Waals surface area contributed by atoms with Gasteiger partial charge in [0.1, 0.15) is 17.5 Å². The molecule has 1 aromatic heterocycles. The Kier molecular flexibility index (Phi) is 3.41. The Morgan fingerprint density at radius 3 is 3.06 bits per heavy atom. The summed E-state index contributed by atoms with van der Waals surface area (Å²) in [4.78, 5) is 21.9. The van der Waals surface area contributed by atoms with Gasteiger partial charge in [-0.25, -0.2) is 9.97 Å². The first-order chi connectivity index (χ1) is 8.19. The minimum Gasteiger partial charge on any atom is -0.384 e.